The quantitative estimate of drug-likeness (QED) is 0.759. The summed E-state index contributed by atoms with van der Waals surface area (Å²) in [4.78, 5) is 0. The zero-order chi connectivity index (χ0) is 14.5. The first kappa shape index (κ1) is 16.2. The summed E-state index contributed by atoms with van der Waals surface area (Å²) >= 11 is 0. The molecule has 1 nitrogen and oxygen atoms in total. The van der Waals surface area contributed by atoms with Gasteiger partial charge in [-0.2, -0.15) is 0 Å². The van der Waals surface area contributed by atoms with Crippen molar-refractivity contribution in [3.63, 3.8) is 0 Å². The van der Waals surface area contributed by atoms with Crippen molar-refractivity contribution in [2.45, 2.75) is 65.8 Å². The molecule has 0 spiro atoms. The van der Waals surface area contributed by atoms with Crippen LogP contribution in [0.2, 0.25) is 0 Å². The van der Waals surface area contributed by atoms with Gasteiger partial charge in [-0.05, 0) is 41.8 Å². The maximum Gasteiger partial charge on any atom is 0.00103 e. The van der Waals surface area contributed by atoms with Crippen LogP contribution in [0.3, 0.4) is 0 Å². The molecule has 1 heteroatoms. The third kappa shape index (κ3) is 5.78. The van der Waals surface area contributed by atoms with Gasteiger partial charge in [0.1, 0.15) is 0 Å². The normalized spacial score (nSPS) is 12.4. The number of hydrogen-bond acceptors (Lipinski definition) is 1. The average molecular weight is 261 g/mol. The summed E-state index contributed by atoms with van der Waals surface area (Å²) in [6.45, 7) is 14.7. The fourth-order valence-electron chi connectivity index (χ4n) is 2.38. The van der Waals surface area contributed by atoms with Gasteiger partial charge in [-0.3, -0.25) is 0 Å². The molecular weight excluding hydrogens is 230 g/mol. The van der Waals surface area contributed by atoms with Crippen molar-refractivity contribution in [2.75, 3.05) is 6.54 Å². The van der Waals surface area contributed by atoms with E-state index in [0.717, 1.165) is 12.5 Å². The molecule has 0 saturated heterocycles. The second-order valence-electron chi connectivity index (χ2n) is 7.04. The molecule has 0 heterocycles. The highest BCUT2D eigenvalue weighted by Gasteiger charge is 2.20. The predicted octanol–water partition coefficient (Wildman–Crippen LogP) is 4.55. The van der Waals surface area contributed by atoms with Crippen LogP contribution >= 0.6 is 0 Å². The smallest absolute Gasteiger partial charge is 0.00103 e. The average Bonchev–Trinajstić information content (AvgIpc) is 2.28. The largest absolute Gasteiger partial charge is 0.315 e. The van der Waals surface area contributed by atoms with Crippen molar-refractivity contribution >= 4 is 0 Å². The van der Waals surface area contributed by atoms with Crippen LogP contribution in [0.25, 0.3) is 0 Å². The van der Waals surface area contributed by atoms with E-state index in [1.54, 1.807) is 0 Å². The lowest BCUT2D eigenvalue weighted by atomic mass is 9.81. The topological polar surface area (TPSA) is 12.0 Å². The maximum absolute atomic E-state index is 3.51. The molecular formula is C18H31N. The van der Waals surface area contributed by atoms with E-state index in [1.807, 2.05) is 0 Å². The summed E-state index contributed by atoms with van der Waals surface area (Å²) in [5, 5.41) is 3.51. The number of hydrogen-bond donors (Lipinski definition) is 1. The first-order chi connectivity index (χ1) is 8.81. The molecule has 0 atom stereocenters. The molecule has 0 saturated carbocycles. The summed E-state index contributed by atoms with van der Waals surface area (Å²) in [5.41, 5.74) is 3.15. The third-order valence-electron chi connectivity index (χ3n) is 3.68. The first-order valence-corrected chi connectivity index (χ1v) is 7.64. The van der Waals surface area contributed by atoms with E-state index in [2.05, 4.69) is 71.1 Å². The summed E-state index contributed by atoms with van der Waals surface area (Å²) in [7, 11) is 0. The minimum atomic E-state index is 0.248. The van der Waals surface area contributed by atoms with Crippen LogP contribution in [0.5, 0.6) is 0 Å². The molecule has 19 heavy (non-hydrogen) atoms. The van der Waals surface area contributed by atoms with E-state index < -0.39 is 0 Å². The van der Waals surface area contributed by atoms with Crippen LogP contribution in [0.15, 0.2) is 24.3 Å². The van der Waals surface area contributed by atoms with E-state index in [9.17, 15) is 0 Å². The Morgan fingerprint density at radius 1 is 1.00 bits per heavy atom. The maximum atomic E-state index is 3.51. The molecule has 108 valence electrons. The Kier molecular flexibility index (Phi) is 6.06. The Balaban J connectivity index is 2.62. The molecule has 0 bridgehead atoms. The summed E-state index contributed by atoms with van der Waals surface area (Å²) in [5.74, 6) is 0.731. The molecule has 0 unspecified atom stereocenters. The van der Waals surface area contributed by atoms with Gasteiger partial charge >= 0.3 is 0 Å². The zero-order valence-electron chi connectivity index (χ0n) is 13.6. The van der Waals surface area contributed by atoms with Gasteiger partial charge in [0, 0.05) is 6.04 Å². The van der Waals surface area contributed by atoms with Gasteiger partial charge in [0.2, 0.25) is 0 Å². The van der Waals surface area contributed by atoms with Crippen molar-refractivity contribution in [3.05, 3.63) is 35.4 Å². The molecule has 0 aliphatic heterocycles. The van der Waals surface area contributed by atoms with E-state index in [-0.39, 0.29) is 5.41 Å². The number of benzene rings is 1. The van der Waals surface area contributed by atoms with E-state index in [1.165, 1.54) is 24.0 Å². The zero-order valence-corrected chi connectivity index (χ0v) is 13.6. The molecule has 1 N–H and O–H groups in total. The Bertz CT molecular complexity index is 360. The summed E-state index contributed by atoms with van der Waals surface area (Å²) in [6.07, 6.45) is 2.35. The van der Waals surface area contributed by atoms with E-state index in [0.29, 0.717) is 6.04 Å². The fourth-order valence-corrected chi connectivity index (χ4v) is 2.38. The SMILES string of the molecule is CC(C)Cc1ccc(C(C)(C)CCNC(C)C)cc1. The molecule has 1 aromatic rings. The minimum absolute atomic E-state index is 0.248. The van der Waals surface area contributed by atoms with E-state index in [4.69, 9.17) is 0 Å². The van der Waals surface area contributed by atoms with Crippen molar-refractivity contribution in [2.24, 2.45) is 5.92 Å². The molecule has 1 rings (SSSR count). The van der Waals surface area contributed by atoms with Crippen molar-refractivity contribution < 1.29 is 0 Å². The second kappa shape index (κ2) is 7.09. The number of rotatable bonds is 7. The minimum Gasteiger partial charge on any atom is -0.315 e. The Morgan fingerprint density at radius 3 is 2.05 bits per heavy atom. The van der Waals surface area contributed by atoms with Gasteiger partial charge in [0.25, 0.3) is 0 Å². The van der Waals surface area contributed by atoms with Crippen LogP contribution in [-0.4, -0.2) is 12.6 Å². The van der Waals surface area contributed by atoms with Gasteiger partial charge in [-0.1, -0.05) is 65.8 Å². The van der Waals surface area contributed by atoms with Crippen LogP contribution in [0.4, 0.5) is 0 Å². The van der Waals surface area contributed by atoms with Gasteiger partial charge < -0.3 is 5.32 Å². The Hall–Kier alpha value is -0.820. The third-order valence-corrected chi connectivity index (χ3v) is 3.68. The van der Waals surface area contributed by atoms with Gasteiger partial charge in [-0.25, -0.2) is 0 Å². The second-order valence-corrected chi connectivity index (χ2v) is 7.04. The monoisotopic (exact) mass is 261 g/mol. The molecule has 0 amide bonds. The van der Waals surface area contributed by atoms with Gasteiger partial charge in [0.15, 0.2) is 0 Å². The van der Waals surface area contributed by atoms with Gasteiger partial charge in [0.05, 0.1) is 0 Å². The molecule has 0 fully saturated rings. The molecule has 0 aromatic heterocycles. The van der Waals surface area contributed by atoms with Crippen molar-refractivity contribution in [1.29, 1.82) is 0 Å². The first-order valence-electron chi connectivity index (χ1n) is 7.64. The van der Waals surface area contributed by atoms with Crippen molar-refractivity contribution in [1.82, 2.24) is 5.32 Å². The lowest BCUT2D eigenvalue weighted by molar-refractivity contribution is 0.441. The predicted molar refractivity (Wildman–Crippen MR) is 85.8 cm³/mol. The van der Waals surface area contributed by atoms with Crippen LogP contribution in [-0.2, 0) is 11.8 Å². The fraction of sp³-hybridized carbons (Fsp3) is 0.667. The van der Waals surface area contributed by atoms with Crippen LogP contribution in [0.1, 0.15) is 59.1 Å². The standard InChI is InChI=1S/C18H31N/c1-14(2)13-16-7-9-17(10-8-16)18(5,6)11-12-19-15(3)4/h7-10,14-15,19H,11-13H2,1-6H3. The van der Waals surface area contributed by atoms with Crippen molar-refractivity contribution in [3.8, 4) is 0 Å². The van der Waals surface area contributed by atoms with Gasteiger partial charge in [-0.15, -0.1) is 0 Å². The Morgan fingerprint density at radius 2 is 1.58 bits per heavy atom. The molecule has 0 aliphatic carbocycles. The highest BCUT2D eigenvalue weighted by molar-refractivity contribution is 5.28. The molecule has 1 aromatic carbocycles. The molecule has 0 radical (unpaired) electrons. The molecule has 0 aliphatic rings. The van der Waals surface area contributed by atoms with Crippen LogP contribution < -0.4 is 5.32 Å². The van der Waals surface area contributed by atoms with Crippen LogP contribution in [0, 0.1) is 5.92 Å². The Labute approximate surface area is 119 Å². The lowest BCUT2D eigenvalue weighted by Gasteiger charge is -2.26. The number of nitrogens with one attached hydrogen (secondary N) is 1. The summed E-state index contributed by atoms with van der Waals surface area (Å²) in [6, 6.07) is 9.80. The summed E-state index contributed by atoms with van der Waals surface area (Å²) < 4.78 is 0. The lowest BCUT2D eigenvalue weighted by Crippen LogP contribution is -2.29. The highest BCUT2D eigenvalue weighted by atomic mass is 14.9. The van der Waals surface area contributed by atoms with E-state index >= 15 is 0 Å². The highest BCUT2D eigenvalue weighted by Crippen LogP contribution is 2.27.